The van der Waals surface area contributed by atoms with Gasteiger partial charge in [-0.3, -0.25) is 19.7 Å². The van der Waals surface area contributed by atoms with Gasteiger partial charge in [-0.15, -0.1) is 5.10 Å². The van der Waals surface area contributed by atoms with Gasteiger partial charge in [-0.25, -0.2) is 9.48 Å². The molecule has 0 spiro atoms. The van der Waals surface area contributed by atoms with E-state index in [0.717, 1.165) is 42.6 Å². The number of hydrogen-bond acceptors (Lipinski definition) is 8. The number of halogens is 3. The van der Waals surface area contributed by atoms with Crippen molar-refractivity contribution < 1.29 is 37.5 Å². The fourth-order valence-electron chi connectivity index (χ4n) is 5.28. The van der Waals surface area contributed by atoms with Gasteiger partial charge in [0, 0.05) is 32.1 Å². The van der Waals surface area contributed by atoms with Crippen LogP contribution in [0.3, 0.4) is 0 Å². The van der Waals surface area contributed by atoms with Crippen LogP contribution in [0.1, 0.15) is 72.3 Å². The molecule has 12 nitrogen and oxygen atoms in total. The molecule has 210 valence electrons. The van der Waals surface area contributed by atoms with Crippen molar-refractivity contribution in [2.75, 3.05) is 0 Å². The second-order valence-corrected chi connectivity index (χ2v) is 9.82. The van der Waals surface area contributed by atoms with Gasteiger partial charge >= 0.3 is 12.1 Å². The number of nitrogens with one attached hydrogen (secondary N) is 2. The average molecular weight is 552 g/mol. The third kappa shape index (κ3) is 6.08. The van der Waals surface area contributed by atoms with Crippen LogP contribution in [0.4, 0.5) is 13.2 Å². The van der Waals surface area contributed by atoms with Gasteiger partial charge < -0.3 is 15.3 Å². The van der Waals surface area contributed by atoms with Crippen molar-refractivity contribution in [3.63, 3.8) is 0 Å². The van der Waals surface area contributed by atoms with Gasteiger partial charge in [0.1, 0.15) is 6.04 Å². The normalized spacial score (nSPS) is 20.7. The number of amides is 3. The molecule has 3 heterocycles. The van der Waals surface area contributed by atoms with Gasteiger partial charge in [0.05, 0.1) is 5.54 Å². The fourth-order valence-corrected chi connectivity index (χ4v) is 5.28. The van der Waals surface area contributed by atoms with E-state index >= 15 is 0 Å². The highest BCUT2D eigenvalue weighted by molar-refractivity contribution is 6.05. The highest BCUT2D eigenvalue weighted by Crippen LogP contribution is 2.36. The summed E-state index contributed by atoms with van der Waals surface area (Å²) in [4.78, 5) is 47.1. The fraction of sp³-hybridized carbons (Fsp3) is 0.542. The molecule has 2 fully saturated rings. The van der Waals surface area contributed by atoms with Crippen molar-refractivity contribution in [1.82, 2.24) is 35.7 Å². The summed E-state index contributed by atoms with van der Waals surface area (Å²) in [5, 5.41) is 25.4. The minimum Gasteiger partial charge on any atom is -0.475 e. The van der Waals surface area contributed by atoms with Crippen LogP contribution in [-0.4, -0.2) is 66.1 Å². The Morgan fingerprint density at radius 1 is 1.21 bits per heavy atom. The number of rotatable bonds is 5. The lowest BCUT2D eigenvalue weighted by Crippen LogP contribution is -2.52. The summed E-state index contributed by atoms with van der Waals surface area (Å²) in [5.74, 6) is -2.72. The minimum absolute atomic E-state index is 0.150. The molecule has 3 N–H and O–H groups in total. The van der Waals surface area contributed by atoms with Gasteiger partial charge in [0.2, 0.25) is 11.8 Å². The summed E-state index contributed by atoms with van der Waals surface area (Å²) < 4.78 is 33.5. The smallest absolute Gasteiger partial charge is 0.475 e. The molecule has 1 aromatic carbocycles. The number of carbonyl (C=O) groups excluding carboxylic acids is 3. The zero-order valence-corrected chi connectivity index (χ0v) is 21.1. The van der Waals surface area contributed by atoms with Crippen molar-refractivity contribution in [1.29, 1.82) is 0 Å². The zero-order chi connectivity index (χ0) is 28.4. The van der Waals surface area contributed by atoms with E-state index in [1.54, 1.807) is 9.58 Å². The van der Waals surface area contributed by atoms with Crippen molar-refractivity contribution in [2.24, 2.45) is 7.05 Å². The number of carbonyl (C=O) groups is 4. The molecule has 1 unspecified atom stereocenters. The Hall–Kier alpha value is -3.88. The lowest BCUT2D eigenvalue weighted by atomic mass is 9.80. The van der Waals surface area contributed by atoms with Crippen LogP contribution in [0.2, 0.25) is 0 Å². The van der Waals surface area contributed by atoms with E-state index in [1.165, 1.54) is 6.42 Å². The van der Waals surface area contributed by atoms with E-state index in [9.17, 15) is 27.6 Å². The Morgan fingerprint density at radius 2 is 1.90 bits per heavy atom. The zero-order valence-electron chi connectivity index (χ0n) is 21.1. The number of fused-ring (bicyclic) bond motifs is 1. The quantitative estimate of drug-likeness (QED) is 0.469. The lowest BCUT2D eigenvalue weighted by Gasteiger charge is -2.36. The molecule has 15 heteroatoms. The molecule has 0 radical (unpaired) electrons. The number of aliphatic carboxylic acids is 1. The molecular weight excluding hydrogens is 523 g/mol. The molecule has 1 saturated carbocycles. The Morgan fingerprint density at radius 3 is 2.49 bits per heavy atom. The lowest BCUT2D eigenvalue weighted by molar-refractivity contribution is -0.192. The number of nitrogens with zero attached hydrogens (tertiary/aromatic N) is 5. The third-order valence-electron chi connectivity index (χ3n) is 7.22. The molecule has 1 aliphatic carbocycles. The second-order valence-electron chi connectivity index (χ2n) is 9.82. The van der Waals surface area contributed by atoms with E-state index < -0.39 is 18.2 Å². The van der Waals surface area contributed by atoms with Crippen LogP contribution in [0.25, 0.3) is 0 Å². The van der Waals surface area contributed by atoms with Crippen molar-refractivity contribution in [3.05, 3.63) is 40.7 Å². The first-order valence-corrected chi connectivity index (χ1v) is 12.5. The van der Waals surface area contributed by atoms with E-state index in [0.29, 0.717) is 25.1 Å². The SMILES string of the molecule is Cn1nnnc1C1(NCc2ccc3c(c2)CN(C2CCC(=O)NC2=O)C3=O)CCCCC1.O=C(O)C(F)(F)F. The van der Waals surface area contributed by atoms with E-state index in [1.807, 2.05) is 25.2 Å². The number of tetrazole rings is 1. The van der Waals surface area contributed by atoms with E-state index in [2.05, 4.69) is 26.2 Å². The minimum atomic E-state index is -5.08. The summed E-state index contributed by atoms with van der Waals surface area (Å²) in [6.07, 6.45) is 0.963. The predicted octanol–water partition coefficient (Wildman–Crippen LogP) is 1.55. The molecule has 5 rings (SSSR count). The Kier molecular flexibility index (Phi) is 7.99. The number of carboxylic acid groups (broad SMARTS) is 1. The molecule has 1 atom stereocenters. The summed E-state index contributed by atoms with van der Waals surface area (Å²) in [5.41, 5.74) is 2.35. The topological polar surface area (TPSA) is 159 Å². The maximum absolute atomic E-state index is 12.9. The van der Waals surface area contributed by atoms with Gasteiger partial charge in [0.25, 0.3) is 5.91 Å². The summed E-state index contributed by atoms with van der Waals surface area (Å²) >= 11 is 0. The Labute approximate surface area is 220 Å². The van der Waals surface area contributed by atoms with Crippen LogP contribution in [0.15, 0.2) is 18.2 Å². The summed E-state index contributed by atoms with van der Waals surface area (Å²) in [7, 11) is 1.87. The van der Waals surface area contributed by atoms with Gasteiger partial charge in [-0.1, -0.05) is 31.4 Å². The van der Waals surface area contributed by atoms with Crippen LogP contribution in [-0.2, 0) is 40.1 Å². The van der Waals surface area contributed by atoms with Crippen molar-refractivity contribution in [2.45, 2.75) is 75.8 Å². The molecule has 2 aromatic rings. The van der Waals surface area contributed by atoms with Crippen molar-refractivity contribution >= 4 is 23.7 Å². The van der Waals surface area contributed by atoms with Crippen LogP contribution in [0, 0.1) is 0 Å². The molecule has 39 heavy (non-hydrogen) atoms. The number of imide groups is 1. The monoisotopic (exact) mass is 551 g/mol. The molecule has 3 aliphatic rings. The highest BCUT2D eigenvalue weighted by Gasteiger charge is 2.40. The number of benzene rings is 1. The summed E-state index contributed by atoms with van der Waals surface area (Å²) in [6.45, 7) is 1.01. The average Bonchev–Trinajstić information content (AvgIpc) is 3.46. The first kappa shape index (κ1) is 28.1. The number of aromatic nitrogens is 4. The van der Waals surface area contributed by atoms with E-state index in [-0.39, 0.29) is 29.7 Å². The van der Waals surface area contributed by atoms with Crippen LogP contribution in [0.5, 0.6) is 0 Å². The summed E-state index contributed by atoms with van der Waals surface area (Å²) in [6, 6.07) is 5.25. The van der Waals surface area contributed by atoms with Gasteiger partial charge in [-0.05, 0) is 46.9 Å². The number of alkyl halides is 3. The first-order valence-electron chi connectivity index (χ1n) is 12.5. The number of carboxylic acids is 1. The second kappa shape index (κ2) is 11.1. The molecule has 1 aromatic heterocycles. The molecule has 2 aliphatic heterocycles. The number of hydrogen-bond donors (Lipinski definition) is 3. The molecule has 0 bridgehead atoms. The first-order chi connectivity index (χ1) is 18.4. The standard InChI is InChI=1S/C22H27N7O3.C2HF3O2/c1-28-21(25-26-27-28)22(9-3-2-4-10-22)23-12-14-5-6-16-15(11-14)13-29(20(16)32)17-7-8-18(30)24-19(17)31;3-2(4,5)1(6)7/h5-6,11,17,23H,2-4,7-10,12-13H2,1H3,(H,24,30,31);(H,6,7). The number of piperidine rings is 1. The van der Waals surface area contributed by atoms with Gasteiger partial charge in [-0.2, -0.15) is 13.2 Å². The third-order valence-corrected chi connectivity index (χ3v) is 7.22. The molecule has 1 saturated heterocycles. The molecule has 3 amide bonds. The van der Waals surface area contributed by atoms with Crippen LogP contribution >= 0.6 is 0 Å². The Balaban J connectivity index is 0.000000448. The maximum Gasteiger partial charge on any atom is 0.490 e. The van der Waals surface area contributed by atoms with Crippen molar-refractivity contribution in [3.8, 4) is 0 Å². The van der Waals surface area contributed by atoms with Crippen LogP contribution < -0.4 is 10.6 Å². The van der Waals surface area contributed by atoms with Gasteiger partial charge in [0.15, 0.2) is 5.82 Å². The maximum atomic E-state index is 12.9. The number of aryl methyl sites for hydroxylation is 1. The molecular formula is C24H28F3N7O5. The highest BCUT2D eigenvalue weighted by atomic mass is 19.4. The van der Waals surface area contributed by atoms with E-state index in [4.69, 9.17) is 9.90 Å². The predicted molar refractivity (Wildman–Crippen MR) is 127 cm³/mol. The Bertz CT molecular complexity index is 1270. The largest absolute Gasteiger partial charge is 0.490 e.